The van der Waals surface area contributed by atoms with Gasteiger partial charge in [-0.15, -0.1) is 10.2 Å². The third-order valence-electron chi connectivity index (χ3n) is 2.47. The molecule has 0 aliphatic carbocycles. The molecule has 0 bridgehead atoms. The zero-order chi connectivity index (χ0) is 12.4. The maximum absolute atomic E-state index is 11.8. The smallest absolute Gasteiger partial charge is 0.229 e. The molecule has 0 radical (unpaired) electrons. The molecule has 1 aromatic heterocycles. The molecule has 1 aliphatic rings. The second-order valence-corrected chi connectivity index (χ2v) is 6.34. The second-order valence-electron chi connectivity index (χ2n) is 3.98. The lowest BCUT2D eigenvalue weighted by Gasteiger charge is -2.11. The fourth-order valence-electron chi connectivity index (χ4n) is 1.71. The number of anilines is 1. The lowest BCUT2D eigenvalue weighted by Crippen LogP contribution is -2.24. The van der Waals surface area contributed by atoms with Crippen LogP contribution in [0.5, 0.6) is 0 Å². The molecule has 1 saturated heterocycles. The number of rotatable bonds is 3. The Morgan fingerprint density at radius 3 is 2.94 bits per heavy atom. The highest BCUT2D eigenvalue weighted by atomic mass is 32.2. The van der Waals surface area contributed by atoms with Crippen LogP contribution in [-0.2, 0) is 9.59 Å². The first-order valence-corrected chi connectivity index (χ1v) is 7.10. The van der Waals surface area contributed by atoms with Crippen molar-refractivity contribution in [3.05, 3.63) is 5.01 Å². The third kappa shape index (κ3) is 3.04. The molecule has 1 atom stereocenters. The van der Waals surface area contributed by atoms with Gasteiger partial charge in [-0.1, -0.05) is 23.1 Å². The molecule has 92 valence electrons. The number of hydrogen-bond acceptors (Lipinski definition) is 6. The molecule has 1 amide bonds. The van der Waals surface area contributed by atoms with Crippen LogP contribution < -0.4 is 4.90 Å². The highest BCUT2D eigenvalue weighted by Gasteiger charge is 2.32. The molecule has 0 spiro atoms. The van der Waals surface area contributed by atoms with Crippen LogP contribution in [-0.4, -0.2) is 33.5 Å². The van der Waals surface area contributed by atoms with Gasteiger partial charge >= 0.3 is 0 Å². The first-order chi connectivity index (χ1) is 8.06. The molecule has 0 aromatic carbocycles. The Labute approximate surface area is 108 Å². The standard InChI is InChI=1S/C10H13N3O2S2/c1-6-11-12-10(17-6)13-4-8(3-9(13)15)5-16-7(2)14/h8H,3-5H2,1-2H3. The van der Waals surface area contributed by atoms with Crippen molar-refractivity contribution in [2.75, 3.05) is 17.2 Å². The predicted octanol–water partition coefficient (Wildman–Crippen LogP) is 1.48. The summed E-state index contributed by atoms with van der Waals surface area (Å²) in [5.74, 6) is 1.02. The number of carbonyl (C=O) groups excluding carboxylic acids is 2. The van der Waals surface area contributed by atoms with E-state index < -0.39 is 0 Å². The van der Waals surface area contributed by atoms with E-state index in [1.165, 1.54) is 23.1 Å². The number of aryl methyl sites for hydroxylation is 1. The van der Waals surface area contributed by atoms with E-state index in [1.54, 1.807) is 11.8 Å². The molecule has 1 aliphatic heterocycles. The van der Waals surface area contributed by atoms with Crippen molar-refractivity contribution in [3.63, 3.8) is 0 Å². The van der Waals surface area contributed by atoms with Gasteiger partial charge in [-0.2, -0.15) is 0 Å². The normalized spacial score (nSPS) is 20.0. The maximum atomic E-state index is 11.8. The molecule has 0 saturated carbocycles. The topological polar surface area (TPSA) is 63.2 Å². The van der Waals surface area contributed by atoms with Crippen LogP contribution in [0.3, 0.4) is 0 Å². The summed E-state index contributed by atoms with van der Waals surface area (Å²) >= 11 is 2.71. The minimum Gasteiger partial charge on any atom is -0.288 e. The van der Waals surface area contributed by atoms with Crippen LogP contribution in [0.15, 0.2) is 0 Å². The van der Waals surface area contributed by atoms with Crippen LogP contribution in [0.25, 0.3) is 0 Å². The van der Waals surface area contributed by atoms with Crippen molar-refractivity contribution >= 4 is 39.3 Å². The Hall–Kier alpha value is -0.950. The summed E-state index contributed by atoms with van der Waals surface area (Å²) in [5.41, 5.74) is 0. The average molecular weight is 271 g/mol. The molecule has 2 heterocycles. The molecule has 1 fully saturated rings. The van der Waals surface area contributed by atoms with Crippen molar-refractivity contribution in [3.8, 4) is 0 Å². The Bertz CT molecular complexity index is 447. The van der Waals surface area contributed by atoms with Gasteiger partial charge in [0.2, 0.25) is 11.0 Å². The number of aromatic nitrogens is 2. The molecule has 1 aromatic rings. The van der Waals surface area contributed by atoms with Gasteiger partial charge in [0.15, 0.2) is 5.12 Å². The molecule has 2 rings (SSSR count). The number of hydrogen-bond donors (Lipinski definition) is 0. The van der Waals surface area contributed by atoms with Crippen molar-refractivity contribution in [2.24, 2.45) is 5.92 Å². The van der Waals surface area contributed by atoms with Gasteiger partial charge in [0.25, 0.3) is 0 Å². The minimum absolute atomic E-state index is 0.0790. The average Bonchev–Trinajstić information content (AvgIpc) is 2.82. The van der Waals surface area contributed by atoms with Gasteiger partial charge in [0.1, 0.15) is 5.01 Å². The fraction of sp³-hybridized carbons (Fsp3) is 0.600. The number of thioether (sulfide) groups is 1. The quantitative estimate of drug-likeness (QED) is 0.833. The Balaban J connectivity index is 1.98. The molecule has 5 nitrogen and oxygen atoms in total. The van der Waals surface area contributed by atoms with Crippen molar-refractivity contribution in [1.29, 1.82) is 0 Å². The van der Waals surface area contributed by atoms with Crippen LogP contribution in [0.1, 0.15) is 18.4 Å². The molecule has 17 heavy (non-hydrogen) atoms. The Morgan fingerprint density at radius 1 is 1.59 bits per heavy atom. The Kier molecular flexibility index (Phi) is 3.78. The third-order valence-corrected chi connectivity index (χ3v) is 4.38. The summed E-state index contributed by atoms with van der Waals surface area (Å²) in [6.07, 6.45) is 0.499. The van der Waals surface area contributed by atoms with E-state index in [0.29, 0.717) is 23.8 Å². The monoisotopic (exact) mass is 271 g/mol. The van der Waals surface area contributed by atoms with Gasteiger partial charge in [-0.3, -0.25) is 14.5 Å². The summed E-state index contributed by atoms with van der Waals surface area (Å²) in [4.78, 5) is 24.4. The van der Waals surface area contributed by atoms with Gasteiger partial charge in [0.05, 0.1) is 0 Å². The summed E-state index contributed by atoms with van der Waals surface area (Å²) in [5, 5.41) is 9.51. The van der Waals surface area contributed by atoms with E-state index in [9.17, 15) is 9.59 Å². The van der Waals surface area contributed by atoms with E-state index in [0.717, 1.165) is 5.01 Å². The van der Waals surface area contributed by atoms with Crippen molar-refractivity contribution in [1.82, 2.24) is 10.2 Å². The molecular weight excluding hydrogens is 258 g/mol. The summed E-state index contributed by atoms with van der Waals surface area (Å²) < 4.78 is 0. The zero-order valence-corrected chi connectivity index (χ0v) is 11.3. The molecule has 7 heteroatoms. The van der Waals surface area contributed by atoms with E-state index in [-0.39, 0.29) is 16.9 Å². The number of nitrogens with zero attached hydrogens (tertiary/aromatic N) is 3. The Morgan fingerprint density at radius 2 is 2.35 bits per heavy atom. The van der Waals surface area contributed by atoms with Gasteiger partial charge in [-0.25, -0.2) is 0 Å². The van der Waals surface area contributed by atoms with Gasteiger partial charge in [-0.05, 0) is 12.8 Å². The van der Waals surface area contributed by atoms with Crippen molar-refractivity contribution < 1.29 is 9.59 Å². The van der Waals surface area contributed by atoms with Crippen LogP contribution in [0.2, 0.25) is 0 Å². The largest absolute Gasteiger partial charge is 0.288 e. The summed E-state index contributed by atoms with van der Waals surface area (Å²) in [6.45, 7) is 4.06. The number of amides is 1. The van der Waals surface area contributed by atoms with Crippen LogP contribution >= 0.6 is 23.1 Å². The molecular formula is C10H13N3O2S2. The summed E-state index contributed by atoms with van der Waals surface area (Å²) in [7, 11) is 0. The first kappa shape index (κ1) is 12.5. The second kappa shape index (κ2) is 5.14. The minimum atomic E-state index is 0.0790. The first-order valence-electron chi connectivity index (χ1n) is 5.30. The highest BCUT2D eigenvalue weighted by Crippen LogP contribution is 2.29. The lowest BCUT2D eigenvalue weighted by atomic mass is 10.1. The molecule has 1 unspecified atom stereocenters. The number of carbonyl (C=O) groups is 2. The fourth-order valence-corrected chi connectivity index (χ4v) is 3.12. The van der Waals surface area contributed by atoms with Gasteiger partial charge in [0, 0.05) is 25.6 Å². The van der Waals surface area contributed by atoms with E-state index in [1.807, 2.05) is 6.92 Å². The predicted molar refractivity (Wildman–Crippen MR) is 68.2 cm³/mol. The summed E-state index contributed by atoms with van der Waals surface area (Å²) in [6, 6.07) is 0. The van der Waals surface area contributed by atoms with Crippen LogP contribution in [0, 0.1) is 12.8 Å². The SMILES string of the molecule is CC(=O)SCC1CC(=O)N(c2nnc(C)s2)C1. The van der Waals surface area contributed by atoms with Crippen molar-refractivity contribution in [2.45, 2.75) is 20.3 Å². The van der Waals surface area contributed by atoms with E-state index >= 15 is 0 Å². The van der Waals surface area contributed by atoms with Gasteiger partial charge < -0.3 is 0 Å². The van der Waals surface area contributed by atoms with Crippen LogP contribution in [0.4, 0.5) is 5.13 Å². The molecule has 0 N–H and O–H groups in total. The highest BCUT2D eigenvalue weighted by molar-refractivity contribution is 8.13. The van der Waals surface area contributed by atoms with E-state index in [2.05, 4.69) is 10.2 Å². The zero-order valence-electron chi connectivity index (χ0n) is 9.67. The van der Waals surface area contributed by atoms with E-state index in [4.69, 9.17) is 0 Å². The lowest BCUT2D eigenvalue weighted by molar-refractivity contribution is -0.117. The maximum Gasteiger partial charge on any atom is 0.229 e.